The van der Waals surface area contributed by atoms with Crippen molar-refractivity contribution in [2.24, 2.45) is 5.10 Å². The lowest BCUT2D eigenvalue weighted by Gasteiger charge is -2.14. The monoisotopic (exact) mass is 371 g/mol. The minimum absolute atomic E-state index is 0.257. The summed E-state index contributed by atoms with van der Waals surface area (Å²) in [6.45, 7) is 4.30. The van der Waals surface area contributed by atoms with Crippen LogP contribution in [0.2, 0.25) is 0 Å². The predicted octanol–water partition coefficient (Wildman–Crippen LogP) is 3.05. The van der Waals surface area contributed by atoms with Gasteiger partial charge in [-0.05, 0) is 50.2 Å². The van der Waals surface area contributed by atoms with Crippen LogP contribution in [0.4, 0.5) is 5.69 Å². The van der Waals surface area contributed by atoms with Gasteiger partial charge in [0.2, 0.25) is 0 Å². The van der Waals surface area contributed by atoms with Gasteiger partial charge in [-0.15, -0.1) is 0 Å². The van der Waals surface area contributed by atoms with E-state index in [1.165, 1.54) is 6.21 Å². The van der Waals surface area contributed by atoms with Gasteiger partial charge in [-0.1, -0.05) is 0 Å². The SMILES string of the molecule is CCOc1ccc(NC(C)C(=O)NN=Cc2ccc(OC)cc2OC)cc1. The molecule has 2 aromatic rings. The zero-order valence-corrected chi connectivity index (χ0v) is 16.0. The number of nitrogens with zero attached hydrogens (tertiary/aromatic N) is 1. The van der Waals surface area contributed by atoms with Crippen LogP contribution in [-0.4, -0.2) is 39.0 Å². The highest BCUT2D eigenvalue weighted by Gasteiger charge is 2.12. The van der Waals surface area contributed by atoms with Gasteiger partial charge >= 0.3 is 0 Å². The Morgan fingerprint density at radius 2 is 1.81 bits per heavy atom. The van der Waals surface area contributed by atoms with Crippen LogP contribution in [0.15, 0.2) is 47.6 Å². The van der Waals surface area contributed by atoms with Crippen molar-refractivity contribution in [1.29, 1.82) is 0 Å². The van der Waals surface area contributed by atoms with Crippen LogP contribution in [0.25, 0.3) is 0 Å². The molecule has 7 heteroatoms. The maximum atomic E-state index is 12.2. The Hall–Kier alpha value is -3.22. The van der Waals surface area contributed by atoms with E-state index in [0.717, 1.165) is 17.0 Å². The maximum absolute atomic E-state index is 12.2. The summed E-state index contributed by atoms with van der Waals surface area (Å²) in [5.41, 5.74) is 4.07. The summed E-state index contributed by atoms with van der Waals surface area (Å²) in [7, 11) is 3.15. The minimum Gasteiger partial charge on any atom is -0.497 e. The van der Waals surface area contributed by atoms with E-state index in [0.29, 0.717) is 18.1 Å². The van der Waals surface area contributed by atoms with Gasteiger partial charge in [-0.3, -0.25) is 4.79 Å². The van der Waals surface area contributed by atoms with Crippen LogP contribution in [0.5, 0.6) is 17.2 Å². The van der Waals surface area contributed by atoms with Crippen molar-refractivity contribution in [2.75, 3.05) is 26.1 Å². The molecule has 1 unspecified atom stereocenters. The van der Waals surface area contributed by atoms with Crippen LogP contribution < -0.4 is 25.0 Å². The highest BCUT2D eigenvalue weighted by atomic mass is 16.5. The topological polar surface area (TPSA) is 81.2 Å². The van der Waals surface area contributed by atoms with E-state index in [4.69, 9.17) is 14.2 Å². The number of ether oxygens (including phenoxy) is 3. The van der Waals surface area contributed by atoms with Gasteiger partial charge in [0.15, 0.2) is 0 Å². The molecule has 0 heterocycles. The minimum atomic E-state index is -0.460. The smallest absolute Gasteiger partial charge is 0.262 e. The molecule has 2 rings (SSSR count). The van der Waals surface area contributed by atoms with Crippen molar-refractivity contribution in [3.8, 4) is 17.2 Å². The first-order valence-corrected chi connectivity index (χ1v) is 8.61. The van der Waals surface area contributed by atoms with E-state index < -0.39 is 6.04 Å². The lowest BCUT2D eigenvalue weighted by atomic mass is 10.2. The Kier molecular flexibility index (Phi) is 7.49. The van der Waals surface area contributed by atoms with Gasteiger partial charge in [0, 0.05) is 17.3 Å². The Labute approximate surface area is 159 Å². The van der Waals surface area contributed by atoms with Crippen molar-refractivity contribution in [3.63, 3.8) is 0 Å². The number of benzene rings is 2. The number of methoxy groups -OCH3 is 2. The molecule has 1 atom stereocenters. The van der Waals surface area contributed by atoms with Gasteiger partial charge in [0.1, 0.15) is 23.3 Å². The van der Waals surface area contributed by atoms with E-state index in [2.05, 4.69) is 15.8 Å². The molecule has 1 amide bonds. The van der Waals surface area contributed by atoms with E-state index in [1.54, 1.807) is 39.3 Å². The Balaban J connectivity index is 1.91. The largest absolute Gasteiger partial charge is 0.497 e. The third-order valence-corrected chi connectivity index (χ3v) is 3.76. The molecule has 0 radical (unpaired) electrons. The highest BCUT2D eigenvalue weighted by Crippen LogP contribution is 2.23. The predicted molar refractivity (Wildman–Crippen MR) is 106 cm³/mol. The third-order valence-electron chi connectivity index (χ3n) is 3.76. The van der Waals surface area contributed by atoms with Gasteiger partial charge in [-0.25, -0.2) is 5.43 Å². The molecule has 27 heavy (non-hydrogen) atoms. The number of hydrazone groups is 1. The zero-order valence-electron chi connectivity index (χ0n) is 16.0. The molecular weight excluding hydrogens is 346 g/mol. The van der Waals surface area contributed by atoms with Crippen molar-refractivity contribution in [3.05, 3.63) is 48.0 Å². The van der Waals surface area contributed by atoms with Crippen LogP contribution in [-0.2, 0) is 4.79 Å². The molecule has 0 aromatic heterocycles. The van der Waals surface area contributed by atoms with Crippen molar-refractivity contribution < 1.29 is 19.0 Å². The molecule has 0 saturated carbocycles. The summed E-state index contributed by atoms with van der Waals surface area (Å²) in [5, 5.41) is 7.12. The first-order valence-electron chi connectivity index (χ1n) is 8.61. The van der Waals surface area contributed by atoms with Gasteiger partial charge in [-0.2, -0.15) is 5.10 Å². The maximum Gasteiger partial charge on any atom is 0.262 e. The second-order valence-corrected chi connectivity index (χ2v) is 5.67. The molecule has 2 N–H and O–H groups in total. The molecular formula is C20H25N3O4. The fraction of sp³-hybridized carbons (Fsp3) is 0.300. The van der Waals surface area contributed by atoms with E-state index in [-0.39, 0.29) is 5.91 Å². The lowest BCUT2D eigenvalue weighted by molar-refractivity contribution is -0.121. The number of rotatable bonds is 9. The molecule has 0 aliphatic heterocycles. The van der Waals surface area contributed by atoms with Crippen LogP contribution >= 0.6 is 0 Å². The number of carbonyl (C=O) groups is 1. The first-order chi connectivity index (χ1) is 13.1. The second kappa shape index (κ2) is 10.1. The summed E-state index contributed by atoms with van der Waals surface area (Å²) in [5.74, 6) is 1.82. The Morgan fingerprint density at radius 1 is 1.11 bits per heavy atom. The molecule has 7 nitrogen and oxygen atoms in total. The summed E-state index contributed by atoms with van der Waals surface area (Å²) in [4.78, 5) is 12.2. The normalized spacial score (nSPS) is 11.7. The van der Waals surface area contributed by atoms with Crippen molar-refractivity contribution in [2.45, 2.75) is 19.9 Å². The van der Waals surface area contributed by atoms with E-state index in [1.807, 2.05) is 31.2 Å². The number of amides is 1. The highest BCUT2D eigenvalue weighted by molar-refractivity contribution is 5.87. The van der Waals surface area contributed by atoms with E-state index in [9.17, 15) is 4.79 Å². The number of hydrogen-bond donors (Lipinski definition) is 2. The molecule has 0 bridgehead atoms. The number of nitrogens with one attached hydrogen (secondary N) is 2. The van der Waals surface area contributed by atoms with Crippen molar-refractivity contribution in [1.82, 2.24) is 5.43 Å². The summed E-state index contributed by atoms with van der Waals surface area (Å²) in [6.07, 6.45) is 1.53. The Morgan fingerprint density at radius 3 is 2.44 bits per heavy atom. The van der Waals surface area contributed by atoms with Gasteiger partial charge in [0.05, 0.1) is 27.0 Å². The number of anilines is 1. The zero-order chi connectivity index (χ0) is 19.6. The molecule has 0 aliphatic rings. The first kappa shape index (κ1) is 20.1. The van der Waals surface area contributed by atoms with Crippen LogP contribution in [0, 0.1) is 0 Å². The summed E-state index contributed by atoms with van der Waals surface area (Å²) < 4.78 is 15.8. The fourth-order valence-electron chi connectivity index (χ4n) is 2.32. The summed E-state index contributed by atoms with van der Waals surface area (Å²) in [6, 6.07) is 12.3. The molecule has 144 valence electrons. The molecule has 0 saturated heterocycles. The van der Waals surface area contributed by atoms with E-state index >= 15 is 0 Å². The quantitative estimate of drug-likeness (QED) is 0.523. The third kappa shape index (κ3) is 5.91. The standard InChI is InChI=1S/C20H25N3O4/c1-5-27-17-10-7-16(8-11-17)22-14(2)20(24)23-21-13-15-6-9-18(25-3)12-19(15)26-4/h6-14,22H,5H2,1-4H3,(H,23,24). The molecule has 0 aliphatic carbocycles. The van der Waals surface area contributed by atoms with Crippen LogP contribution in [0.3, 0.4) is 0 Å². The molecule has 2 aromatic carbocycles. The summed E-state index contributed by atoms with van der Waals surface area (Å²) >= 11 is 0. The Bertz CT molecular complexity index is 775. The fourth-order valence-corrected chi connectivity index (χ4v) is 2.32. The van der Waals surface area contributed by atoms with Gasteiger partial charge < -0.3 is 19.5 Å². The average molecular weight is 371 g/mol. The van der Waals surface area contributed by atoms with Crippen molar-refractivity contribution >= 4 is 17.8 Å². The lowest BCUT2D eigenvalue weighted by Crippen LogP contribution is -2.34. The average Bonchev–Trinajstić information content (AvgIpc) is 2.69. The van der Waals surface area contributed by atoms with Gasteiger partial charge in [0.25, 0.3) is 5.91 Å². The second-order valence-electron chi connectivity index (χ2n) is 5.67. The number of carbonyl (C=O) groups excluding carboxylic acids is 1. The number of hydrogen-bond acceptors (Lipinski definition) is 6. The van der Waals surface area contributed by atoms with Crippen LogP contribution in [0.1, 0.15) is 19.4 Å². The molecule has 0 fully saturated rings. The molecule has 0 spiro atoms.